The molecule has 0 bridgehead atoms. The first-order chi connectivity index (χ1) is 13.6. The van der Waals surface area contributed by atoms with Crippen LogP contribution in [0.5, 0.6) is 5.75 Å². The molecule has 0 radical (unpaired) electrons. The number of rotatable bonds is 6. The van der Waals surface area contributed by atoms with Gasteiger partial charge in [-0.15, -0.1) is 0 Å². The fraction of sp³-hybridized carbons (Fsp3) is 0.333. The van der Waals surface area contributed by atoms with Crippen LogP contribution in [0.2, 0.25) is 5.02 Å². The Balaban J connectivity index is 1.60. The largest absolute Gasteiger partial charge is 0.484 e. The van der Waals surface area contributed by atoms with E-state index in [4.69, 9.17) is 26.1 Å². The predicted octanol–water partition coefficient (Wildman–Crippen LogP) is 4.85. The van der Waals surface area contributed by atoms with Gasteiger partial charge in [0.05, 0.1) is 27.9 Å². The van der Waals surface area contributed by atoms with Crippen LogP contribution in [0, 0.1) is 6.92 Å². The number of carbonyl (C=O) groups is 1. The molecule has 1 atom stereocenters. The summed E-state index contributed by atoms with van der Waals surface area (Å²) in [6.45, 7) is 3.14. The van der Waals surface area contributed by atoms with Crippen LogP contribution < -0.4 is 9.64 Å². The Morgan fingerprint density at radius 1 is 1.32 bits per heavy atom. The van der Waals surface area contributed by atoms with E-state index in [0.29, 0.717) is 22.4 Å². The standard InChI is InChI=1S/C21H21ClN2O3S/c1-14-9-10-17(22)20-19(14)23-21(28-20)24(12-16-8-5-11-26-16)18(25)13-27-15-6-3-2-4-7-15/h2-4,6-7,9-10,16H,5,8,11-13H2,1H3. The van der Waals surface area contributed by atoms with Gasteiger partial charge in [-0.2, -0.15) is 0 Å². The van der Waals surface area contributed by atoms with Crippen LogP contribution in [-0.2, 0) is 9.53 Å². The summed E-state index contributed by atoms with van der Waals surface area (Å²) >= 11 is 7.79. The lowest BCUT2D eigenvalue weighted by molar-refractivity contribution is -0.120. The van der Waals surface area contributed by atoms with Gasteiger partial charge in [-0.25, -0.2) is 4.98 Å². The Labute approximate surface area is 172 Å². The number of benzene rings is 2. The molecule has 1 fully saturated rings. The van der Waals surface area contributed by atoms with Gasteiger partial charge in [0.2, 0.25) is 0 Å². The molecule has 0 aliphatic carbocycles. The molecule has 1 aliphatic rings. The number of para-hydroxylation sites is 1. The number of hydrogen-bond acceptors (Lipinski definition) is 5. The number of ether oxygens (including phenoxy) is 2. The molecule has 1 saturated heterocycles. The molecule has 2 heterocycles. The number of anilines is 1. The Bertz CT molecular complexity index is 931. The number of amides is 1. The van der Waals surface area contributed by atoms with Crippen molar-refractivity contribution < 1.29 is 14.3 Å². The third kappa shape index (κ3) is 4.14. The zero-order valence-corrected chi connectivity index (χ0v) is 17.1. The van der Waals surface area contributed by atoms with Gasteiger partial charge < -0.3 is 9.47 Å². The molecule has 1 aliphatic heterocycles. The average molecular weight is 417 g/mol. The molecule has 146 valence electrons. The monoisotopic (exact) mass is 416 g/mol. The highest BCUT2D eigenvalue weighted by Crippen LogP contribution is 2.36. The van der Waals surface area contributed by atoms with Crippen molar-refractivity contribution in [2.75, 3.05) is 24.7 Å². The van der Waals surface area contributed by atoms with Gasteiger partial charge in [0.15, 0.2) is 11.7 Å². The minimum atomic E-state index is -0.146. The highest BCUT2D eigenvalue weighted by atomic mass is 35.5. The van der Waals surface area contributed by atoms with E-state index in [1.807, 2.05) is 49.4 Å². The molecule has 4 rings (SSSR count). The maximum atomic E-state index is 13.0. The fourth-order valence-corrected chi connectivity index (χ4v) is 4.57. The molecule has 7 heteroatoms. The van der Waals surface area contributed by atoms with Gasteiger partial charge in [0.1, 0.15) is 5.75 Å². The van der Waals surface area contributed by atoms with Crippen LogP contribution in [-0.4, -0.2) is 36.8 Å². The first-order valence-electron chi connectivity index (χ1n) is 9.27. The summed E-state index contributed by atoms with van der Waals surface area (Å²) in [5, 5.41) is 1.28. The zero-order chi connectivity index (χ0) is 19.5. The fourth-order valence-electron chi connectivity index (χ4n) is 3.22. The Morgan fingerprint density at radius 2 is 2.14 bits per heavy atom. The summed E-state index contributed by atoms with van der Waals surface area (Å²) < 4.78 is 12.3. The highest BCUT2D eigenvalue weighted by molar-refractivity contribution is 7.23. The van der Waals surface area contributed by atoms with E-state index in [1.165, 1.54) is 11.3 Å². The molecular weight excluding hydrogens is 396 g/mol. The zero-order valence-electron chi connectivity index (χ0n) is 15.6. The average Bonchev–Trinajstić information content (AvgIpc) is 3.38. The highest BCUT2D eigenvalue weighted by Gasteiger charge is 2.27. The lowest BCUT2D eigenvalue weighted by atomic mass is 10.2. The van der Waals surface area contributed by atoms with Crippen molar-refractivity contribution in [3.63, 3.8) is 0 Å². The van der Waals surface area contributed by atoms with E-state index in [2.05, 4.69) is 0 Å². The smallest absolute Gasteiger partial charge is 0.266 e. The van der Waals surface area contributed by atoms with E-state index < -0.39 is 0 Å². The van der Waals surface area contributed by atoms with Gasteiger partial charge in [-0.3, -0.25) is 9.69 Å². The summed E-state index contributed by atoms with van der Waals surface area (Å²) in [7, 11) is 0. The van der Waals surface area contributed by atoms with Crippen LogP contribution in [0.15, 0.2) is 42.5 Å². The van der Waals surface area contributed by atoms with Gasteiger partial charge in [0, 0.05) is 6.61 Å². The Hall–Kier alpha value is -2.15. The van der Waals surface area contributed by atoms with Crippen LogP contribution in [0.3, 0.4) is 0 Å². The SMILES string of the molecule is Cc1ccc(Cl)c2sc(N(CC3CCCO3)C(=O)COc3ccccc3)nc12. The van der Waals surface area contributed by atoms with Gasteiger partial charge in [-0.1, -0.05) is 47.2 Å². The van der Waals surface area contributed by atoms with E-state index >= 15 is 0 Å². The molecule has 0 N–H and O–H groups in total. The number of carbonyl (C=O) groups excluding carboxylic acids is 1. The second-order valence-corrected chi connectivity index (χ2v) is 8.16. The Kier molecular flexibility index (Phi) is 5.80. The van der Waals surface area contributed by atoms with E-state index in [9.17, 15) is 4.79 Å². The topological polar surface area (TPSA) is 51.7 Å². The normalized spacial score (nSPS) is 16.4. The molecule has 1 amide bonds. The first kappa shape index (κ1) is 19.2. The van der Waals surface area contributed by atoms with Crippen molar-refractivity contribution in [1.29, 1.82) is 0 Å². The molecule has 28 heavy (non-hydrogen) atoms. The first-order valence-corrected chi connectivity index (χ1v) is 10.5. The summed E-state index contributed by atoms with van der Waals surface area (Å²) in [4.78, 5) is 19.4. The summed E-state index contributed by atoms with van der Waals surface area (Å²) in [5.41, 5.74) is 1.87. The van der Waals surface area contributed by atoms with Crippen LogP contribution >= 0.6 is 22.9 Å². The molecule has 1 aromatic heterocycles. The van der Waals surface area contributed by atoms with Crippen molar-refractivity contribution >= 4 is 44.2 Å². The van der Waals surface area contributed by atoms with Crippen molar-refractivity contribution in [3.8, 4) is 5.75 Å². The molecule has 3 aromatic rings. The third-order valence-corrected chi connectivity index (χ3v) is 6.27. The van der Waals surface area contributed by atoms with E-state index in [0.717, 1.165) is 35.2 Å². The molecule has 2 aromatic carbocycles. The minimum absolute atomic E-state index is 0.0178. The number of fused-ring (bicyclic) bond motifs is 1. The van der Waals surface area contributed by atoms with Crippen molar-refractivity contribution in [2.24, 2.45) is 0 Å². The van der Waals surface area contributed by atoms with Gasteiger partial charge >= 0.3 is 0 Å². The van der Waals surface area contributed by atoms with Crippen molar-refractivity contribution in [1.82, 2.24) is 4.98 Å². The lowest BCUT2D eigenvalue weighted by Gasteiger charge is -2.23. The second kappa shape index (κ2) is 8.47. The van der Waals surface area contributed by atoms with Crippen molar-refractivity contribution in [3.05, 3.63) is 53.1 Å². The second-order valence-electron chi connectivity index (χ2n) is 6.78. The molecule has 0 spiro atoms. The maximum absolute atomic E-state index is 13.0. The third-order valence-electron chi connectivity index (χ3n) is 4.73. The maximum Gasteiger partial charge on any atom is 0.266 e. The summed E-state index contributed by atoms with van der Waals surface area (Å²) in [5.74, 6) is 0.517. The van der Waals surface area contributed by atoms with Gasteiger partial charge in [-0.05, 0) is 43.5 Å². The number of nitrogens with zero attached hydrogens (tertiary/aromatic N) is 2. The molecular formula is C21H21ClN2O3S. The number of hydrogen-bond donors (Lipinski definition) is 0. The molecule has 1 unspecified atom stereocenters. The van der Waals surface area contributed by atoms with Crippen LogP contribution in [0.4, 0.5) is 5.13 Å². The summed E-state index contributed by atoms with van der Waals surface area (Å²) in [6, 6.07) is 13.1. The minimum Gasteiger partial charge on any atom is -0.484 e. The summed E-state index contributed by atoms with van der Waals surface area (Å²) in [6.07, 6.45) is 1.97. The molecule has 0 saturated carbocycles. The molecule has 5 nitrogen and oxygen atoms in total. The number of halogens is 1. The van der Waals surface area contributed by atoms with Crippen molar-refractivity contribution in [2.45, 2.75) is 25.9 Å². The van der Waals surface area contributed by atoms with E-state index in [1.54, 1.807) is 4.90 Å². The van der Waals surface area contributed by atoms with Crippen LogP contribution in [0.1, 0.15) is 18.4 Å². The predicted molar refractivity (Wildman–Crippen MR) is 113 cm³/mol. The number of aromatic nitrogens is 1. The van der Waals surface area contributed by atoms with Gasteiger partial charge in [0.25, 0.3) is 5.91 Å². The Morgan fingerprint density at radius 3 is 2.86 bits per heavy atom. The quantitative estimate of drug-likeness (QED) is 0.576. The number of thiazole rings is 1. The van der Waals surface area contributed by atoms with Crippen LogP contribution in [0.25, 0.3) is 10.2 Å². The lowest BCUT2D eigenvalue weighted by Crippen LogP contribution is -2.40. The number of aryl methyl sites for hydroxylation is 1. The van der Waals surface area contributed by atoms with E-state index in [-0.39, 0.29) is 18.6 Å².